The average molecular weight is 521 g/mol. The lowest BCUT2D eigenvalue weighted by Gasteiger charge is -2.06. The van der Waals surface area contributed by atoms with Gasteiger partial charge in [-0.3, -0.25) is 0 Å². The molecule has 7 rings (SSSR count). The predicted octanol–water partition coefficient (Wildman–Crippen LogP) is 6.11. The molecule has 2 saturated heterocycles. The van der Waals surface area contributed by atoms with Gasteiger partial charge in [0.1, 0.15) is 11.6 Å². The minimum absolute atomic E-state index is 0.264. The van der Waals surface area contributed by atoms with E-state index in [1.54, 1.807) is 0 Å². The number of nitrogens with zero attached hydrogens (tertiary/aromatic N) is 2. The maximum Gasteiger partial charge on any atom is 0.262 e. The number of rotatable bonds is 4. The van der Waals surface area contributed by atoms with Crippen LogP contribution in [-0.4, -0.2) is 44.9 Å². The Morgan fingerprint density at radius 2 is 0.974 bits per heavy atom. The Kier molecular flexibility index (Phi) is 5.15. The van der Waals surface area contributed by atoms with Gasteiger partial charge in [-0.1, -0.05) is 36.4 Å². The topological polar surface area (TPSA) is 81.4 Å². The molecule has 2 aromatic heterocycles. The van der Waals surface area contributed by atoms with Crippen LogP contribution in [0.5, 0.6) is 0 Å². The van der Waals surface area contributed by atoms with Gasteiger partial charge >= 0.3 is 0 Å². The van der Waals surface area contributed by atoms with E-state index >= 15 is 0 Å². The molecule has 5 aromatic rings. The summed E-state index contributed by atoms with van der Waals surface area (Å²) in [5.41, 5.74) is 7.06. The van der Waals surface area contributed by atoms with Crippen molar-refractivity contribution in [3.8, 4) is 22.3 Å². The Labute approximate surface area is 214 Å². The Balaban J connectivity index is 1.12. The van der Waals surface area contributed by atoms with E-state index in [9.17, 15) is 17.6 Å². The first-order valence-electron chi connectivity index (χ1n) is 12.5. The summed E-state index contributed by atoms with van der Waals surface area (Å²) in [4.78, 5) is 15.4. The van der Waals surface area contributed by atoms with Crippen molar-refractivity contribution in [3.05, 3.63) is 72.3 Å². The molecule has 2 atom stereocenters. The van der Waals surface area contributed by atoms with Gasteiger partial charge < -0.3 is 20.6 Å². The van der Waals surface area contributed by atoms with E-state index in [1.807, 2.05) is 60.7 Å². The fraction of sp³-hybridized carbons (Fsp3) is 0.286. The molecular weight excluding hydrogens is 496 g/mol. The summed E-state index contributed by atoms with van der Waals surface area (Å²) in [6.07, 6.45) is -0.527. The number of hydrogen-bond acceptors (Lipinski definition) is 4. The number of halogens is 4. The first-order chi connectivity index (χ1) is 18.2. The summed E-state index contributed by atoms with van der Waals surface area (Å²) >= 11 is 0. The highest BCUT2D eigenvalue weighted by Gasteiger charge is 2.41. The lowest BCUT2D eigenvalue weighted by molar-refractivity contribution is 0.0201. The van der Waals surface area contributed by atoms with Gasteiger partial charge in [0.25, 0.3) is 11.8 Å². The van der Waals surface area contributed by atoms with Gasteiger partial charge in [-0.15, -0.1) is 0 Å². The van der Waals surface area contributed by atoms with E-state index in [4.69, 9.17) is 0 Å². The van der Waals surface area contributed by atoms with Crippen LogP contribution in [0.2, 0.25) is 0 Å². The average Bonchev–Trinajstić information content (AvgIpc) is 3.67. The van der Waals surface area contributed by atoms with Crippen LogP contribution in [0.15, 0.2) is 60.7 Å². The maximum atomic E-state index is 13.6. The third kappa shape index (κ3) is 4.23. The van der Waals surface area contributed by atoms with Crippen LogP contribution in [0, 0.1) is 0 Å². The molecule has 3 aromatic carbocycles. The lowest BCUT2D eigenvalue weighted by Crippen LogP contribution is -2.19. The van der Waals surface area contributed by atoms with Crippen LogP contribution < -0.4 is 10.6 Å². The molecule has 0 bridgehead atoms. The molecule has 4 N–H and O–H groups in total. The summed E-state index contributed by atoms with van der Waals surface area (Å²) in [6.45, 7) is -0.672. The lowest BCUT2D eigenvalue weighted by atomic mass is 10.00. The molecule has 6 nitrogen and oxygen atoms in total. The number of nitrogens with one attached hydrogen (secondary N) is 4. The van der Waals surface area contributed by atoms with Crippen molar-refractivity contribution >= 4 is 22.1 Å². The molecule has 0 radical (unpaired) electrons. The van der Waals surface area contributed by atoms with E-state index in [-0.39, 0.29) is 25.9 Å². The second-order valence-corrected chi connectivity index (χ2v) is 10.3. The number of imidazole rings is 2. The highest BCUT2D eigenvalue weighted by Crippen LogP contribution is 2.36. The number of hydrogen-bond donors (Lipinski definition) is 4. The number of aromatic nitrogens is 4. The van der Waals surface area contributed by atoms with Crippen LogP contribution in [0.25, 0.3) is 44.3 Å². The summed E-state index contributed by atoms with van der Waals surface area (Å²) in [7, 11) is 0. The molecule has 0 aliphatic carbocycles. The molecule has 2 fully saturated rings. The second-order valence-electron chi connectivity index (χ2n) is 10.3. The molecule has 0 spiro atoms. The zero-order valence-electron chi connectivity index (χ0n) is 20.2. The third-order valence-electron chi connectivity index (χ3n) is 7.43. The molecule has 4 heterocycles. The van der Waals surface area contributed by atoms with Gasteiger partial charge in [-0.2, -0.15) is 0 Å². The van der Waals surface area contributed by atoms with Crippen molar-refractivity contribution < 1.29 is 17.6 Å². The molecule has 0 amide bonds. The minimum Gasteiger partial charge on any atom is -0.341 e. The predicted molar refractivity (Wildman–Crippen MR) is 137 cm³/mol. The summed E-state index contributed by atoms with van der Waals surface area (Å²) < 4.78 is 54.4. The van der Waals surface area contributed by atoms with Gasteiger partial charge in [-0.25, -0.2) is 27.5 Å². The zero-order chi connectivity index (χ0) is 26.1. The smallest absolute Gasteiger partial charge is 0.262 e. The third-order valence-corrected chi connectivity index (χ3v) is 7.43. The highest BCUT2D eigenvalue weighted by molar-refractivity contribution is 5.84. The largest absolute Gasteiger partial charge is 0.341 e. The number of H-pyrrole nitrogens is 2. The molecule has 194 valence electrons. The van der Waals surface area contributed by atoms with Crippen LogP contribution >= 0.6 is 0 Å². The van der Waals surface area contributed by atoms with Crippen LogP contribution in [0.4, 0.5) is 17.6 Å². The summed E-state index contributed by atoms with van der Waals surface area (Å²) in [5, 5.41) is 5.68. The van der Waals surface area contributed by atoms with Crippen molar-refractivity contribution in [1.82, 2.24) is 30.6 Å². The molecule has 2 aliphatic rings. The minimum atomic E-state index is -2.72. The first-order valence-corrected chi connectivity index (χ1v) is 12.5. The van der Waals surface area contributed by atoms with E-state index < -0.39 is 23.9 Å². The van der Waals surface area contributed by atoms with Crippen molar-refractivity contribution in [3.63, 3.8) is 0 Å². The van der Waals surface area contributed by atoms with Gasteiger partial charge in [0.15, 0.2) is 0 Å². The Morgan fingerprint density at radius 1 is 0.579 bits per heavy atom. The van der Waals surface area contributed by atoms with Crippen LogP contribution in [-0.2, 0) is 0 Å². The Bertz CT molecular complexity index is 1530. The molecule has 38 heavy (non-hydrogen) atoms. The molecule has 0 saturated carbocycles. The fourth-order valence-corrected chi connectivity index (χ4v) is 5.42. The fourth-order valence-electron chi connectivity index (χ4n) is 5.42. The Hall–Kier alpha value is -3.76. The molecular formula is C28H24F4N6. The first kappa shape index (κ1) is 23.4. The standard InChI is InChI=1S/C28H24F4N6/c29-27(30)11-23(33-13-27)25-35-19-7-5-17(9-21(19)37-25)15-1-2-16(4-3-15)18-6-8-20-22(10-18)38-26(36-20)24-12-28(31,32)14-34-24/h1-10,23-24,33-34H,11-14H2,(H,35,37)(H,36,38)/t23-,24-/m0/s1. The molecule has 2 aliphatic heterocycles. The van der Waals surface area contributed by atoms with E-state index in [0.29, 0.717) is 11.6 Å². The quantitative estimate of drug-likeness (QED) is 0.216. The highest BCUT2D eigenvalue weighted by atomic mass is 19.3. The number of alkyl halides is 4. The van der Waals surface area contributed by atoms with Gasteiger partial charge in [0, 0.05) is 12.8 Å². The zero-order valence-corrected chi connectivity index (χ0v) is 20.2. The van der Waals surface area contributed by atoms with Crippen LogP contribution in [0.1, 0.15) is 36.6 Å². The van der Waals surface area contributed by atoms with Crippen molar-refractivity contribution in [1.29, 1.82) is 0 Å². The molecule has 10 heteroatoms. The SMILES string of the molecule is FC1(F)CN[C@H](c2nc3ccc(-c4ccc(-c5ccc6nc([C@@H]7CC(F)(F)CN7)[nH]c6c5)cc4)cc3[nH]2)C1. The van der Waals surface area contributed by atoms with E-state index in [0.717, 1.165) is 44.3 Å². The number of benzene rings is 3. The van der Waals surface area contributed by atoms with Crippen molar-refractivity contribution in [2.24, 2.45) is 0 Å². The Morgan fingerprint density at radius 3 is 1.34 bits per heavy atom. The number of aromatic amines is 2. The van der Waals surface area contributed by atoms with Gasteiger partial charge in [0.2, 0.25) is 0 Å². The van der Waals surface area contributed by atoms with Crippen molar-refractivity contribution in [2.45, 2.75) is 36.8 Å². The second kappa shape index (κ2) is 8.37. The van der Waals surface area contributed by atoms with Crippen molar-refractivity contribution in [2.75, 3.05) is 13.1 Å². The van der Waals surface area contributed by atoms with Gasteiger partial charge in [0.05, 0.1) is 47.2 Å². The monoisotopic (exact) mass is 520 g/mol. The molecule has 0 unspecified atom stereocenters. The number of fused-ring (bicyclic) bond motifs is 2. The van der Waals surface area contributed by atoms with E-state index in [1.165, 1.54) is 0 Å². The van der Waals surface area contributed by atoms with Crippen LogP contribution in [0.3, 0.4) is 0 Å². The summed E-state index contributed by atoms with van der Waals surface area (Å²) in [6, 6.07) is 18.8. The van der Waals surface area contributed by atoms with Gasteiger partial charge in [-0.05, 0) is 46.5 Å². The summed E-state index contributed by atoms with van der Waals surface area (Å²) in [5.74, 6) is -4.38. The van der Waals surface area contributed by atoms with E-state index in [2.05, 4.69) is 30.6 Å². The maximum absolute atomic E-state index is 13.6. The normalized spacial score (nSPS) is 22.5.